The van der Waals surface area contributed by atoms with Crippen molar-refractivity contribution in [1.29, 1.82) is 0 Å². The zero-order chi connectivity index (χ0) is 19.6. The Bertz CT molecular complexity index is 957. The Labute approximate surface area is 163 Å². The van der Waals surface area contributed by atoms with Crippen LogP contribution in [-0.2, 0) is 20.1 Å². The third kappa shape index (κ3) is 4.51. The Morgan fingerprint density at radius 3 is 2.48 bits per heavy atom. The normalized spacial score (nSPS) is 10.9. The average Bonchev–Trinajstić information content (AvgIpc) is 3.07. The maximum Gasteiger partial charge on any atom is 0.171 e. The van der Waals surface area contributed by atoms with Gasteiger partial charge in [-0.15, -0.1) is 0 Å². The molecule has 0 aliphatic rings. The number of halogens is 1. The molecule has 0 spiro atoms. The predicted molar refractivity (Wildman–Crippen MR) is 108 cm³/mol. The van der Waals surface area contributed by atoms with Crippen LogP contribution < -0.4 is 10.6 Å². The monoisotopic (exact) mass is 386 g/mol. The summed E-state index contributed by atoms with van der Waals surface area (Å²) in [6.45, 7) is 7.04. The van der Waals surface area contributed by atoms with Gasteiger partial charge in [0.15, 0.2) is 5.11 Å². The largest absolute Gasteiger partial charge is 0.357 e. The van der Waals surface area contributed by atoms with Crippen LogP contribution in [0.1, 0.15) is 28.3 Å². The second kappa shape index (κ2) is 7.87. The number of nitrogens with one attached hydrogen (secondary N) is 2. The number of hydrogen-bond acceptors (Lipinski definition) is 3. The van der Waals surface area contributed by atoms with Crippen LogP contribution in [0.2, 0.25) is 0 Å². The van der Waals surface area contributed by atoms with Gasteiger partial charge in [0.25, 0.3) is 0 Å². The van der Waals surface area contributed by atoms with E-state index in [1.165, 1.54) is 12.1 Å². The second-order valence-electron chi connectivity index (χ2n) is 6.54. The van der Waals surface area contributed by atoms with E-state index in [4.69, 9.17) is 12.2 Å². The molecule has 3 aromatic rings. The van der Waals surface area contributed by atoms with E-state index in [1.54, 1.807) is 12.1 Å². The maximum absolute atomic E-state index is 13.1. The molecule has 0 saturated heterocycles. The first kappa shape index (κ1) is 19.0. The summed E-state index contributed by atoms with van der Waals surface area (Å²) in [4.78, 5) is 0. The molecule has 27 heavy (non-hydrogen) atoms. The maximum atomic E-state index is 13.1. The summed E-state index contributed by atoms with van der Waals surface area (Å²) in [5.74, 6) is -0.241. The van der Waals surface area contributed by atoms with Gasteiger partial charge in [-0.05, 0) is 56.8 Å². The molecule has 2 aromatic heterocycles. The van der Waals surface area contributed by atoms with E-state index in [0.29, 0.717) is 18.2 Å². The molecular weight excluding hydrogens is 363 g/mol. The minimum Gasteiger partial charge on any atom is -0.357 e. The lowest BCUT2D eigenvalue weighted by molar-refractivity contribution is 0.622. The molecule has 0 saturated carbocycles. The van der Waals surface area contributed by atoms with Crippen LogP contribution in [0.3, 0.4) is 0 Å². The Hall–Kier alpha value is -2.74. The summed E-state index contributed by atoms with van der Waals surface area (Å²) in [6, 6.07) is 8.47. The number of benzene rings is 1. The van der Waals surface area contributed by atoms with Gasteiger partial charge >= 0.3 is 0 Å². The fourth-order valence-corrected chi connectivity index (χ4v) is 3.13. The van der Waals surface area contributed by atoms with Crippen LogP contribution in [0.4, 0.5) is 10.1 Å². The van der Waals surface area contributed by atoms with Gasteiger partial charge < -0.3 is 10.6 Å². The van der Waals surface area contributed by atoms with Gasteiger partial charge in [-0.1, -0.05) is 12.1 Å². The Morgan fingerprint density at radius 2 is 1.85 bits per heavy atom. The standard InChI is InChI=1S/C19H23FN6S/c1-12-9-17(25(4)23-12)10-21-19(27)22-18-13(2)24-26(14(18)3)11-15-5-7-16(20)8-6-15/h5-9H,10-11H2,1-4H3,(H2,21,22,27). The molecule has 142 valence electrons. The van der Waals surface area contributed by atoms with Crippen LogP contribution in [0.25, 0.3) is 0 Å². The first-order valence-electron chi connectivity index (χ1n) is 8.66. The molecule has 0 aliphatic carbocycles. The van der Waals surface area contributed by atoms with Gasteiger partial charge in [-0.25, -0.2) is 4.39 Å². The fraction of sp³-hybridized carbons (Fsp3) is 0.316. The van der Waals surface area contributed by atoms with Crippen LogP contribution in [0.15, 0.2) is 30.3 Å². The van der Waals surface area contributed by atoms with Crippen molar-refractivity contribution in [2.24, 2.45) is 7.05 Å². The fourth-order valence-electron chi connectivity index (χ4n) is 2.95. The molecule has 2 N–H and O–H groups in total. The van der Waals surface area contributed by atoms with Crippen LogP contribution in [0, 0.1) is 26.6 Å². The molecule has 0 radical (unpaired) electrons. The van der Waals surface area contributed by atoms with Gasteiger partial charge in [0.2, 0.25) is 0 Å². The van der Waals surface area contributed by atoms with E-state index in [2.05, 4.69) is 20.8 Å². The molecule has 0 unspecified atom stereocenters. The van der Waals surface area contributed by atoms with Crippen LogP contribution in [0.5, 0.6) is 0 Å². The number of hydrogen-bond donors (Lipinski definition) is 2. The van der Waals surface area contributed by atoms with Gasteiger partial charge in [-0.3, -0.25) is 9.36 Å². The van der Waals surface area contributed by atoms with E-state index in [1.807, 2.05) is 43.2 Å². The SMILES string of the molecule is Cc1cc(CNC(=S)Nc2c(C)nn(Cc3ccc(F)cc3)c2C)n(C)n1. The molecule has 8 heteroatoms. The summed E-state index contributed by atoms with van der Waals surface area (Å²) in [6.07, 6.45) is 0. The van der Waals surface area contributed by atoms with Crippen molar-refractivity contribution in [3.05, 3.63) is 64.5 Å². The van der Waals surface area contributed by atoms with Crippen molar-refractivity contribution in [3.63, 3.8) is 0 Å². The smallest absolute Gasteiger partial charge is 0.171 e. The first-order valence-corrected chi connectivity index (χ1v) is 9.07. The third-order valence-electron chi connectivity index (χ3n) is 4.39. The minimum absolute atomic E-state index is 0.241. The summed E-state index contributed by atoms with van der Waals surface area (Å²) in [5.41, 5.74) is 5.73. The minimum atomic E-state index is -0.241. The molecule has 2 heterocycles. The van der Waals surface area contributed by atoms with Crippen molar-refractivity contribution in [3.8, 4) is 0 Å². The lowest BCUT2D eigenvalue weighted by atomic mass is 10.2. The van der Waals surface area contributed by atoms with Crippen molar-refractivity contribution in [2.45, 2.75) is 33.9 Å². The zero-order valence-corrected chi connectivity index (χ0v) is 16.7. The highest BCUT2D eigenvalue weighted by Crippen LogP contribution is 2.20. The molecule has 6 nitrogen and oxygen atoms in total. The number of aromatic nitrogens is 4. The van der Waals surface area contributed by atoms with Gasteiger partial charge in [-0.2, -0.15) is 10.2 Å². The Balaban J connectivity index is 1.66. The van der Waals surface area contributed by atoms with E-state index in [9.17, 15) is 4.39 Å². The highest BCUT2D eigenvalue weighted by atomic mass is 32.1. The Morgan fingerprint density at radius 1 is 1.15 bits per heavy atom. The van der Waals surface area contributed by atoms with E-state index >= 15 is 0 Å². The number of thiocarbonyl (C=S) groups is 1. The number of aryl methyl sites for hydroxylation is 3. The number of nitrogens with zero attached hydrogens (tertiary/aromatic N) is 4. The summed E-state index contributed by atoms with van der Waals surface area (Å²) >= 11 is 5.43. The molecule has 0 fully saturated rings. The molecule has 0 aliphatic heterocycles. The highest BCUT2D eigenvalue weighted by Gasteiger charge is 2.13. The van der Waals surface area contributed by atoms with Crippen molar-refractivity contribution >= 4 is 23.0 Å². The zero-order valence-electron chi connectivity index (χ0n) is 15.9. The van der Waals surface area contributed by atoms with E-state index < -0.39 is 0 Å². The van der Waals surface area contributed by atoms with Crippen LogP contribution >= 0.6 is 12.2 Å². The van der Waals surface area contributed by atoms with Gasteiger partial charge in [0.05, 0.1) is 41.6 Å². The average molecular weight is 387 g/mol. The summed E-state index contributed by atoms with van der Waals surface area (Å²) in [5, 5.41) is 15.9. The second-order valence-corrected chi connectivity index (χ2v) is 6.95. The van der Waals surface area contributed by atoms with Crippen LogP contribution in [-0.4, -0.2) is 24.7 Å². The molecule has 3 rings (SSSR count). The van der Waals surface area contributed by atoms with Gasteiger partial charge in [0.1, 0.15) is 5.82 Å². The molecule has 0 bridgehead atoms. The summed E-state index contributed by atoms with van der Waals surface area (Å²) in [7, 11) is 1.91. The first-order chi connectivity index (χ1) is 12.8. The van der Waals surface area contributed by atoms with Crippen molar-refractivity contribution in [2.75, 3.05) is 5.32 Å². The van der Waals surface area contributed by atoms with Crippen molar-refractivity contribution in [1.82, 2.24) is 24.9 Å². The summed E-state index contributed by atoms with van der Waals surface area (Å²) < 4.78 is 16.8. The number of anilines is 1. The molecule has 0 atom stereocenters. The quantitative estimate of drug-likeness (QED) is 0.660. The highest BCUT2D eigenvalue weighted by molar-refractivity contribution is 7.80. The molecule has 0 amide bonds. The van der Waals surface area contributed by atoms with E-state index in [0.717, 1.165) is 34.0 Å². The molecule has 1 aromatic carbocycles. The van der Waals surface area contributed by atoms with E-state index in [-0.39, 0.29) is 5.82 Å². The lowest BCUT2D eigenvalue weighted by Gasteiger charge is -2.11. The van der Waals surface area contributed by atoms with Gasteiger partial charge in [0, 0.05) is 7.05 Å². The number of rotatable bonds is 5. The predicted octanol–water partition coefficient (Wildman–Crippen LogP) is 3.22. The topological polar surface area (TPSA) is 59.7 Å². The van der Waals surface area contributed by atoms with Crippen molar-refractivity contribution < 1.29 is 4.39 Å². The third-order valence-corrected chi connectivity index (χ3v) is 4.64. The molecular formula is C19H23FN6S. The lowest BCUT2D eigenvalue weighted by Crippen LogP contribution is -2.29. The Kier molecular flexibility index (Phi) is 5.55.